The number of ether oxygens (including phenoxy) is 1. The zero-order chi connectivity index (χ0) is 13.0. The molecule has 0 atom stereocenters. The van der Waals surface area contributed by atoms with Crippen LogP contribution in [0.3, 0.4) is 0 Å². The van der Waals surface area contributed by atoms with Crippen LogP contribution in [-0.4, -0.2) is 30.8 Å². The van der Waals surface area contributed by atoms with E-state index in [1.165, 1.54) is 0 Å². The molecule has 1 aromatic rings. The third-order valence-corrected chi connectivity index (χ3v) is 3.81. The summed E-state index contributed by atoms with van der Waals surface area (Å²) in [4.78, 5) is 11.2. The molecule has 1 aliphatic heterocycles. The van der Waals surface area contributed by atoms with Crippen LogP contribution in [0.5, 0.6) is 0 Å². The molecule has 1 aliphatic rings. The van der Waals surface area contributed by atoms with Crippen LogP contribution in [0.2, 0.25) is 0 Å². The van der Waals surface area contributed by atoms with Gasteiger partial charge in [0.25, 0.3) is 0 Å². The number of anilines is 1. The lowest BCUT2D eigenvalue weighted by Gasteiger charge is -2.23. The van der Waals surface area contributed by atoms with Crippen LogP contribution < -0.4 is 5.32 Å². The van der Waals surface area contributed by atoms with Gasteiger partial charge in [-0.05, 0) is 46.8 Å². The Balaban J connectivity index is 2.04. The van der Waals surface area contributed by atoms with Gasteiger partial charge in [-0.3, -0.25) is 0 Å². The molecule has 0 amide bonds. The minimum absolute atomic E-state index is 0.296. The minimum Gasteiger partial charge on any atom is -0.478 e. The van der Waals surface area contributed by atoms with Crippen molar-refractivity contribution in [2.45, 2.75) is 12.8 Å². The van der Waals surface area contributed by atoms with Crippen molar-refractivity contribution in [3.8, 4) is 0 Å². The maximum absolute atomic E-state index is 11.2. The van der Waals surface area contributed by atoms with E-state index in [1.807, 2.05) is 6.07 Å². The van der Waals surface area contributed by atoms with Gasteiger partial charge in [0.05, 0.1) is 5.56 Å². The molecule has 1 fully saturated rings. The lowest BCUT2D eigenvalue weighted by Crippen LogP contribution is -2.23. The van der Waals surface area contributed by atoms with E-state index in [0.717, 1.165) is 32.6 Å². The maximum Gasteiger partial charge on any atom is 0.338 e. The Labute approximate surface area is 114 Å². The fourth-order valence-corrected chi connectivity index (χ4v) is 2.63. The highest BCUT2D eigenvalue weighted by atomic mass is 79.9. The van der Waals surface area contributed by atoms with Gasteiger partial charge in [-0.25, -0.2) is 4.79 Å². The molecule has 1 aromatic carbocycles. The molecule has 5 heteroatoms. The summed E-state index contributed by atoms with van der Waals surface area (Å²) in [6, 6.07) is 5.37. The van der Waals surface area contributed by atoms with Crippen molar-refractivity contribution in [3.05, 3.63) is 28.2 Å². The third-order valence-electron chi connectivity index (χ3n) is 3.15. The van der Waals surface area contributed by atoms with Crippen molar-refractivity contribution < 1.29 is 14.6 Å². The molecular formula is C13H16BrNO3. The molecule has 2 rings (SSSR count). The van der Waals surface area contributed by atoms with Crippen LogP contribution in [0, 0.1) is 5.92 Å². The number of carboxylic acids is 1. The number of benzene rings is 1. The molecule has 0 saturated carbocycles. The van der Waals surface area contributed by atoms with E-state index in [0.29, 0.717) is 21.6 Å². The molecule has 98 valence electrons. The molecule has 1 heterocycles. The topological polar surface area (TPSA) is 58.6 Å². The van der Waals surface area contributed by atoms with Crippen LogP contribution in [-0.2, 0) is 4.74 Å². The highest BCUT2D eigenvalue weighted by Crippen LogP contribution is 2.25. The number of halogens is 1. The first-order valence-electron chi connectivity index (χ1n) is 6.02. The zero-order valence-electron chi connectivity index (χ0n) is 9.99. The van der Waals surface area contributed by atoms with E-state index in [4.69, 9.17) is 4.74 Å². The average molecular weight is 314 g/mol. The molecule has 1 saturated heterocycles. The summed E-state index contributed by atoms with van der Waals surface area (Å²) < 4.78 is 5.91. The number of hydrogen-bond acceptors (Lipinski definition) is 3. The second kappa shape index (κ2) is 6.20. The van der Waals surface area contributed by atoms with Crippen molar-refractivity contribution in [1.82, 2.24) is 0 Å². The zero-order valence-corrected chi connectivity index (χ0v) is 11.6. The highest BCUT2D eigenvalue weighted by Gasteiger charge is 2.17. The Bertz CT molecular complexity index is 430. The Morgan fingerprint density at radius 2 is 2.17 bits per heavy atom. The first-order valence-corrected chi connectivity index (χ1v) is 6.81. The number of aromatic carboxylic acids is 1. The Kier molecular flexibility index (Phi) is 4.60. The minimum atomic E-state index is -0.919. The van der Waals surface area contributed by atoms with Crippen molar-refractivity contribution >= 4 is 27.6 Å². The monoisotopic (exact) mass is 313 g/mol. The van der Waals surface area contributed by atoms with E-state index >= 15 is 0 Å². The van der Waals surface area contributed by atoms with Gasteiger partial charge in [0, 0.05) is 29.9 Å². The maximum atomic E-state index is 11.2. The predicted octanol–water partition coefficient (Wildman–Crippen LogP) is 2.99. The molecule has 0 bridgehead atoms. The summed E-state index contributed by atoms with van der Waals surface area (Å²) in [5.41, 5.74) is 0.966. The van der Waals surface area contributed by atoms with Crippen LogP contribution in [0.25, 0.3) is 0 Å². The molecule has 4 nitrogen and oxygen atoms in total. The molecule has 0 aromatic heterocycles. The summed E-state index contributed by atoms with van der Waals surface area (Å²) in [5, 5.41) is 12.4. The number of carbonyl (C=O) groups is 1. The summed E-state index contributed by atoms with van der Waals surface area (Å²) in [7, 11) is 0. The molecule has 0 unspecified atom stereocenters. The second-order valence-electron chi connectivity index (χ2n) is 4.40. The van der Waals surface area contributed by atoms with Crippen molar-refractivity contribution in [2.75, 3.05) is 25.1 Å². The molecular weight excluding hydrogens is 298 g/mol. The van der Waals surface area contributed by atoms with Crippen LogP contribution in [0.4, 0.5) is 5.69 Å². The van der Waals surface area contributed by atoms with Crippen molar-refractivity contribution in [3.63, 3.8) is 0 Å². The number of carboxylic acid groups (broad SMARTS) is 1. The standard InChI is InChI=1S/C13H16BrNO3/c14-10-2-1-3-11(12(10)13(16)17)15-8-9-4-6-18-7-5-9/h1-3,9,15H,4-8H2,(H,16,17). The number of nitrogens with one attached hydrogen (secondary N) is 1. The van der Waals surface area contributed by atoms with E-state index in [-0.39, 0.29) is 0 Å². The smallest absolute Gasteiger partial charge is 0.338 e. The molecule has 0 aliphatic carbocycles. The number of rotatable bonds is 4. The molecule has 0 spiro atoms. The average Bonchev–Trinajstić information content (AvgIpc) is 2.37. The largest absolute Gasteiger partial charge is 0.478 e. The predicted molar refractivity (Wildman–Crippen MR) is 73.1 cm³/mol. The van der Waals surface area contributed by atoms with E-state index in [1.54, 1.807) is 12.1 Å². The normalized spacial score (nSPS) is 16.5. The highest BCUT2D eigenvalue weighted by molar-refractivity contribution is 9.10. The van der Waals surface area contributed by atoms with Crippen LogP contribution in [0.15, 0.2) is 22.7 Å². The lowest BCUT2D eigenvalue weighted by atomic mass is 10.00. The Hall–Kier alpha value is -1.07. The van der Waals surface area contributed by atoms with Gasteiger partial charge in [-0.15, -0.1) is 0 Å². The first-order chi connectivity index (χ1) is 8.68. The fraction of sp³-hybridized carbons (Fsp3) is 0.462. The van der Waals surface area contributed by atoms with E-state index < -0.39 is 5.97 Å². The summed E-state index contributed by atoms with van der Waals surface area (Å²) in [6.45, 7) is 2.40. The summed E-state index contributed by atoms with van der Waals surface area (Å²) in [5.74, 6) is -0.365. The SMILES string of the molecule is O=C(O)c1c(Br)cccc1NCC1CCOCC1. The van der Waals surface area contributed by atoms with Crippen LogP contribution in [0.1, 0.15) is 23.2 Å². The number of hydrogen-bond donors (Lipinski definition) is 2. The second-order valence-corrected chi connectivity index (χ2v) is 5.26. The molecule has 2 N–H and O–H groups in total. The lowest BCUT2D eigenvalue weighted by molar-refractivity contribution is 0.0688. The van der Waals surface area contributed by atoms with Crippen molar-refractivity contribution in [1.29, 1.82) is 0 Å². The summed E-state index contributed by atoms with van der Waals surface area (Å²) >= 11 is 3.27. The van der Waals surface area contributed by atoms with Gasteiger partial charge >= 0.3 is 5.97 Å². The fourth-order valence-electron chi connectivity index (χ4n) is 2.09. The van der Waals surface area contributed by atoms with E-state index in [9.17, 15) is 9.90 Å². The molecule has 18 heavy (non-hydrogen) atoms. The van der Waals surface area contributed by atoms with Gasteiger partial charge in [-0.2, -0.15) is 0 Å². The Morgan fingerprint density at radius 3 is 2.83 bits per heavy atom. The third kappa shape index (κ3) is 3.23. The van der Waals surface area contributed by atoms with Crippen molar-refractivity contribution in [2.24, 2.45) is 5.92 Å². The van der Waals surface area contributed by atoms with E-state index in [2.05, 4.69) is 21.2 Å². The molecule has 0 radical (unpaired) electrons. The van der Waals surface area contributed by atoms with Gasteiger partial charge in [-0.1, -0.05) is 6.07 Å². The Morgan fingerprint density at radius 1 is 1.44 bits per heavy atom. The summed E-state index contributed by atoms with van der Waals surface area (Å²) in [6.07, 6.45) is 2.06. The van der Waals surface area contributed by atoms with Gasteiger partial charge in [0.15, 0.2) is 0 Å². The van der Waals surface area contributed by atoms with Gasteiger partial charge in [0.1, 0.15) is 0 Å². The van der Waals surface area contributed by atoms with Gasteiger partial charge < -0.3 is 15.2 Å². The van der Waals surface area contributed by atoms with Gasteiger partial charge in [0.2, 0.25) is 0 Å². The quantitative estimate of drug-likeness (QED) is 0.897. The van der Waals surface area contributed by atoms with Crippen LogP contribution >= 0.6 is 15.9 Å². The first kappa shape index (κ1) is 13.4.